The van der Waals surface area contributed by atoms with Gasteiger partial charge in [-0.05, 0) is 109 Å². The monoisotopic (exact) mass is 1080 g/mol. The van der Waals surface area contributed by atoms with Gasteiger partial charge in [0.2, 0.25) is 0 Å². The summed E-state index contributed by atoms with van der Waals surface area (Å²) in [5.74, 6) is 10.2. The van der Waals surface area contributed by atoms with Crippen LogP contribution in [0.25, 0.3) is 0 Å². The summed E-state index contributed by atoms with van der Waals surface area (Å²) < 4.78 is 0. The van der Waals surface area contributed by atoms with Crippen LogP contribution in [0.2, 0.25) is 0 Å². The molecule has 2 heteroatoms. The minimum atomic E-state index is 0. The van der Waals surface area contributed by atoms with E-state index in [2.05, 4.69) is 52.0 Å². The Kier molecular flexibility index (Phi) is 44.3. The zero-order valence-corrected chi connectivity index (χ0v) is 46.2. The van der Waals surface area contributed by atoms with Gasteiger partial charge < -0.3 is 59.4 Å². The molecule has 54 heavy (non-hydrogen) atoms. The first-order chi connectivity index (χ1) is 21.6. The molecule has 1 aromatic rings. The molecule has 0 heterocycles. The number of benzene rings is 1. The minimum absolute atomic E-state index is 0. The predicted molar refractivity (Wildman–Crippen MR) is 244 cm³/mol. The maximum absolute atomic E-state index is 2.62. The SMILES string of the molecule is CC1CC2CCCCC2C1Cc1cccc(CC2C(C)CC3CCCCC32)c1.CCCC1CCCC1.CCCC1CCCC1.[CH3-].[CH3-].[CH3-].[CH3-].[CH3-].[CH3-].[CH3-].[CH3-].[Hf+4].[Hf+4]. The third-order valence-corrected chi connectivity index (χ3v) is 14.1. The van der Waals surface area contributed by atoms with E-state index in [1.54, 1.807) is 11.1 Å². The summed E-state index contributed by atoms with van der Waals surface area (Å²) in [6.07, 6.45) is 35.6. The zero-order valence-electron chi connectivity index (χ0n) is 39.1. The fourth-order valence-electron chi connectivity index (χ4n) is 11.9. The molecule has 8 atom stereocenters. The van der Waals surface area contributed by atoms with Crippen LogP contribution in [0.15, 0.2) is 24.3 Å². The van der Waals surface area contributed by atoms with Crippen LogP contribution in [0.1, 0.15) is 180 Å². The molecule has 7 rings (SSSR count). The van der Waals surface area contributed by atoms with Crippen molar-refractivity contribution in [3.8, 4) is 0 Å². The Morgan fingerprint density at radius 2 is 0.778 bits per heavy atom. The van der Waals surface area contributed by atoms with Crippen molar-refractivity contribution in [1.29, 1.82) is 0 Å². The van der Waals surface area contributed by atoms with Gasteiger partial charge in [0.15, 0.2) is 0 Å². The van der Waals surface area contributed by atoms with Gasteiger partial charge >= 0.3 is 51.7 Å². The smallest absolute Gasteiger partial charge is 0.358 e. The van der Waals surface area contributed by atoms with Crippen molar-refractivity contribution in [2.75, 3.05) is 0 Å². The molecule has 6 aliphatic rings. The molecule has 6 aliphatic carbocycles. The van der Waals surface area contributed by atoms with Gasteiger partial charge in [0.05, 0.1) is 0 Å². The maximum atomic E-state index is 2.62. The fraction of sp³-hybridized carbons (Fsp3) is 0.731. The Hall–Kier alpha value is 0.960. The molecule has 0 bridgehead atoms. The predicted octanol–water partition coefficient (Wildman–Crippen LogP) is 17.2. The summed E-state index contributed by atoms with van der Waals surface area (Å²) in [6.45, 7) is 9.68. The largest absolute Gasteiger partial charge is 4.00 e. The summed E-state index contributed by atoms with van der Waals surface area (Å²) in [5.41, 5.74) is 3.29. The molecular weight excluding hydrogens is 982 g/mol. The van der Waals surface area contributed by atoms with E-state index in [1.165, 1.54) is 154 Å². The molecule has 6 fully saturated rings. The van der Waals surface area contributed by atoms with Crippen LogP contribution in [-0.2, 0) is 64.5 Å². The number of fused-ring (bicyclic) bond motifs is 2. The summed E-state index contributed by atoms with van der Waals surface area (Å²) in [6, 6.07) is 9.87. The normalized spacial score (nSPS) is 28.8. The van der Waals surface area contributed by atoms with E-state index in [0.29, 0.717) is 0 Å². The molecular formula is C52H98Hf2. The van der Waals surface area contributed by atoms with Crippen molar-refractivity contribution in [1.82, 2.24) is 0 Å². The van der Waals surface area contributed by atoms with Crippen LogP contribution in [0.3, 0.4) is 0 Å². The topological polar surface area (TPSA) is 0 Å². The van der Waals surface area contributed by atoms with Crippen LogP contribution >= 0.6 is 0 Å². The fourth-order valence-corrected chi connectivity index (χ4v) is 11.9. The molecule has 0 nitrogen and oxygen atoms in total. The van der Waals surface area contributed by atoms with Gasteiger partial charge in [0.25, 0.3) is 0 Å². The standard InChI is InChI=1S/C28H42.2C8H16.8CH3.2Hf/c1-19-14-23-10-3-5-12-25(23)27(19)17-21-8-7-9-22(16-21)18-28-20(2)15-24-11-4-6-13-26(24)28;2*1-2-5-8-6-3-4-7-8;;;;;;;;;;/h7-9,16,19-20,23-28H,3-6,10-15,17-18H2,1-2H3;2*8H,2-7H2,1H3;8*1H3;;/q;;;8*-1;2*+4. The number of rotatable bonds is 8. The molecule has 0 spiro atoms. The summed E-state index contributed by atoms with van der Waals surface area (Å²) in [5, 5.41) is 0. The van der Waals surface area contributed by atoms with Crippen molar-refractivity contribution in [2.45, 2.75) is 182 Å². The van der Waals surface area contributed by atoms with Crippen LogP contribution in [-0.4, -0.2) is 0 Å². The Morgan fingerprint density at radius 1 is 0.463 bits per heavy atom. The van der Waals surface area contributed by atoms with Gasteiger partial charge in [-0.2, -0.15) is 0 Å². The van der Waals surface area contributed by atoms with Gasteiger partial charge in [0, 0.05) is 0 Å². The number of hydrogen-bond donors (Lipinski definition) is 0. The average Bonchev–Trinajstić information content (AvgIpc) is 3.85. The second-order valence-electron chi connectivity index (χ2n) is 17.3. The average molecular weight is 1080 g/mol. The molecule has 0 radical (unpaired) electrons. The summed E-state index contributed by atoms with van der Waals surface area (Å²) in [7, 11) is 0. The molecule has 0 saturated heterocycles. The molecule has 8 unspecified atom stereocenters. The molecule has 0 N–H and O–H groups in total. The van der Waals surface area contributed by atoms with Gasteiger partial charge in [-0.3, -0.25) is 0 Å². The Balaban J connectivity index is -0.000000189. The molecule has 6 saturated carbocycles. The van der Waals surface area contributed by atoms with Crippen LogP contribution in [0.4, 0.5) is 0 Å². The summed E-state index contributed by atoms with van der Waals surface area (Å²) in [4.78, 5) is 0. The second kappa shape index (κ2) is 35.9. The van der Waals surface area contributed by atoms with Crippen LogP contribution in [0.5, 0.6) is 0 Å². The van der Waals surface area contributed by atoms with E-state index in [1.807, 2.05) is 0 Å². The molecule has 0 aliphatic heterocycles. The van der Waals surface area contributed by atoms with E-state index in [4.69, 9.17) is 0 Å². The van der Waals surface area contributed by atoms with E-state index in [0.717, 1.165) is 59.2 Å². The van der Waals surface area contributed by atoms with Crippen molar-refractivity contribution in [3.63, 3.8) is 0 Å². The van der Waals surface area contributed by atoms with Crippen molar-refractivity contribution < 1.29 is 51.7 Å². The quantitative estimate of drug-likeness (QED) is 0.180. The van der Waals surface area contributed by atoms with E-state index in [-0.39, 0.29) is 111 Å². The molecule has 0 aromatic heterocycles. The van der Waals surface area contributed by atoms with Crippen molar-refractivity contribution in [2.24, 2.45) is 59.2 Å². The zero-order chi connectivity index (χ0) is 30.7. The van der Waals surface area contributed by atoms with Gasteiger partial charge in [-0.25, -0.2) is 0 Å². The Morgan fingerprint density at radius 3 is 1.11 bits per heavy atom. The third kappa shape index (κ3) is 19.8. The van der Waals surface area contributed by atoms with Crippen molar-refractivity contribution >= 4 is 0 Å². The van der Waals surface area contributed by atoms with Gasteiger partial charge in [-0.15, -0.1) is 0 Å². The van der Waals surface area contributed by atoms with E-state index in [9.17, 15) is 0 Å². The first-order valence-electron chi connectivity index (χ1n) is 20.6. The minimum Gasteiger partial charge on any atom is -0.358 e. The van der Waals surface area contributed by atoms with Crippen molar-refractivity contribution in [3.05, 3.63) is 94.8 Å². The van der Waals surface area contributed by atoms with E-state index >= 15 is 0 Å². The van der Waals surface area contributed by atoms with Gasteiger partial charge in [-0.1, -0.05) is 168 Å². The summed E-state index contributed by atoms with van der Waals surface area (Å²) >= 11 is 0. The first-order valence-corrected chi connectivity index (χ1v) is 20.6. The molecule has 314 valence electrons. The van der Waals surface area contributed by atoms with E-state index < -0.39 is 0 Å². The van der Waals surface area contributed by atoms with Crippen LogP contribution in [0, 0.1) is 119 Å². The molecule has 1 aromatic carbocycles. The first kappa shape index (κ1) is 66.8. The third-order valence-electron chi connectivity index (χ3n) is 14.1. The Labute approximate surface area is 384 Å². The Bertz CT molecular complexity index is 859. The van der Waals surface area contributed by atoms with Gasteiger partial charge in [0.1, 0.15) is 0 Å². The van der Waals surface area contributed by atoms with Crippen LogP contribution < -0.4 is 0 Å². The maximum Gasteiger partial charge on any atom is 4.00 e. The number of hydrogen-bond acceptors (Lipinski definition) is 0. The molecule has 0 amide bonds. The second-order valence-corrected chi connectivity index (χ2v) is 17.3.